The van der Waals surface area contributed by atoms with Crippen LogP contribution < -0.4 is 0 Å². The van der Waals surface area contributed by atoms with Crippen LogP contribution in [0.5, 0.6) is 0 Å². The number of rotatable bonds is 19. The third-order valence-corrected chi connectivity index (χ3v) is 10.7. The van der Waals surface area contributed by atoms with E-state index in [1.807, 2.05) is 18.2 Å². The second-order valence-corrected chi connectivity index (χ2v) is 14.5. The standard InChI is InChI=1S/C47H51N3O6/c1-4-5-13-21-47(32-37-30-35(2)29-36(3)31-37)42(18-7-6-8-19-43-48(25-27-55-33-51)23-24-49(43)26-28-56-34-52)50(22-20-44(53)54)46-41-17-12-10-15-39(41)38-14-9-11-16-40(38)45(46)47/h5-19,29-31,33-34H,4,20-28,32H2,1-3H3/p+1/b13-5+. The van der Waals surface area contributed by atoms with Crippen LogP contribution in [-0.2, 0) is 35.7 Å². The van der Waals surface area contributed by atoms with Crippen LogP contribution in [0.15, 0.2) is 115 Å². The van der Waals surface area contributed by atoms with E-state index in [4.69, 9.17) is 9.47 Å². The quantitative estimate of drug-likeness (QED) is 0.0258. The highest BCUT2D eigenvalue weighted by molar-refractivity contribution is 6.19. The van der Waals surface area contributed by atoms with Crippen LogP contribution in [0.25, 0.3) is 21.5 Å². The smallest absolute Gasteiger partial charge is 0.309 e. The van der Waals surface area contributed by atoms with Crippen molar-refractivity contribution in [3.8, 4) is 0 Å². The van der Waals surface area contributed by atoms with Gasteiger partial charge in [0.05, 0.1) is 23.9 Å². The third-order valence-electron chi connectivity index (χ3n) is 10.7. The van der Waals surface area contributed by atoms with Crippen LogP contribution in [0.2, 0.25) is 0 Å². The molecule has 0 saturated carbocycles. The van der Waals surface area contributed by atoms with E-state index < -0.39 is 11.4 Å². The lowest BCUT2D eigenvalue weighted by Crippen LogP contribution is -2.37. The van der Waals surface area contributed by atoms with Gasteiger partial charge in [0.2, 0.25) is 5.69 Å². The molecule has 9 nitrogen and oxygen atoms in total. The van der Waals surface area contributed by atoms with Crippen LogP contribution in [0.3, 0.4) is 0 Å². The van der Waals surface area contributed by atoms with Gasteiger partial charge in [-0.2, -0.15) is 4.58 Å². The molecular formula is C47H52N3O6+. The molecule has 0 bridgehead atoms. The molecule has 4 aromatic rings. The number of aryl methyl sites for hydroxylation is 2. The van der Waals surface area contributed by atoms with Crippen molar-refractivity contribution < 1.29 is 33.5 Å². The summed E-state index contributed by atoms with van der Waals surface area (Å²) < 4.78 is 12.3. The third kappa shape index (κ3) is 8.62. The van der Waals surface area contributed by atoms with E-state index in [2.05, 4.69) is 126 Å². The Hall–Kier alpha value is -5.96. The van der Waals surface area contributed by atoms with E-state index in [1.165, 1.54) is 33.0 Å². The average Bonchev–Trinajstić information content (AvgIpc) is 3.69. The number of hydrogen-bond acceptors (Lipinski definition) is 7. The highest BCUT2D eigenvalue weighted by Gasteiger charge is 2.52. The normalized spacial score (nSPS) is 16.9. The minimum absolute atomic E-state index is 0.0163. The van der Waals surface area contributed by atoms with Crippen LogP contribution in [0.1, 0.15) is 48.4 Å². The number of allylic oxidation sites excluding steroid dienone is 7. The molecule has 1 unspecified atom stereocenters. The van der Waals surface area contributed by atoms with Crippen molar-refractivity contribution >= 4 is 51.9 Å². The number of benzene rings is 4. The van der Waals surface area contributed by atoms with Crippen LogP contribution >= 0.6 is 0 Å². The molecule has 2 aliphatic heterocycles. The molecule has 1 atom stereocenters. The predicted molar refractivity (Wildman–Crippen MR) is 222 cm³/mol. The fourth-order valence-electron chi connectivity index (χ4n) is 8.62. The number of nitrogens with zero attached hydrogens (tertiary/aromatic N) is 3. The summed E-state index contributed by atoms with van der Waals surface area (Å²) in [7, 11) is 0. The molecule has 56 heavy (non-hydrogen) atoms. The first-order valence-corrected chi connectivity index (χ1v) is 19.5. The summed E-state index contributed by atoms with van der Waals surface area (Å²) in [5.74, 6) is 0.112. The second-order valence-electron chi connectivity index (χ2n) is 14.5. The summed E-state index contributed by atoms with van der Waals surface area (Å²) in [6, 6.07) is 23.9. The van der Waals surface area contributed by atoms with Crippen molar-refractivity contribution in [3.05, 3.63) is 137 Å². The topological polar surface area (TPSA) is 99.4 Å². The molecule has 2 aliphatic rings. The number of fused-ring (bicyclic) bond motifs is 6. The van der Waals surface area contributed by atoms with Gasteiger partial charge in [-0.1, -0.05) is 109 Å². The Kier molecular flexibility index (Phi) is 13.2. The van der Waals surface area contributed by atoms with E-state index >= 15 is 0 Å². The van der Waals surface area contributed by atoms with Gasteiger partial charge in [-0.05, 0) is 67.0 Å². The monoisotopic (exact) mass is 754 g/mol. The number of aliphatic carboxylic acids is 1. The first-order valence-electron chi connectivity index (χ1n) is 19.5. The summed E-state index contributed by atoms with van der Waals surface area (Å²) in [5.41, 5.74) is 6.50. The first-order chi connectivity index (χ1) is 27.3. The Balaban J connectivity index is 1.54. The lowest BCUT2D eigenvalue weighted by Gasteiger charge is -2.28. The largest absolute Gasteiger partial charge is 0.481 e. The van der Waals surface area contributed by atoms with E-state index in [1.54, 1.807) is 0 Å². The van der Waals surface area contributed by atoms with Crippen molar-refractivity contribution in [3.63, 3.8) is 0 Å². The van der Waals surface area contributed by atoms with Gasteiger partial charge in [0.15, 0.2) is 12.3 Å². The molecule has 0 radical (unpaired) electrons. The fraction of sp³-hybridized carbons (Fsp3) is 0.319. The predicted octanol–water partition coefficient (Wildman–Crippen LogP) is 7.94. The Morgan fingerprint density at radius 2 is 1.43 bits per heavy atom. The van der Waals surface area contributed by atoms with Crippen LogP contribution in [-0.4, -0.2) is 90.0 Å². The lowest BCUT2D eigenvalue weighted by atomic mass is 9.68. The lowest BCUT2D eigenvalue weighted by molar-refractivity contribution is -0.435. The molecule has 2 heterocycles. The molecule has 1 saturated heterocycles. The summed E-state index contributed by atoms with van der Waals surface area (Å²) in [6.07, 6.45) is 17.2. The summed E-state index contributed by atoms with van der Waals surface area (Å²) in [6.45, 7) is 10.8. The van der Waals surface area contributed by atoms with Crippen molar-refractivity contribution in [2.45, 2.75) is 51.9 Å². The highest BCUT2D eigenvalue weighted by Crippen LogP contribution is 2.52. The molecular weight excluding hydrogens is 703 g/mol. The highest BCUT2D eigenvalue weighted by atomic mass is 16.5. The zero-order valence-electron chi connectivity index (χ0n) is 32.7. The molecule has 0 spiro atoms. The van der Waals surface area contributed by atoms with Gasteiger partial charge in [0, 0.05) is 24.7 Å². The second kappa shape index (κ2) is 18.6. The zero-order chi connectivity index (χ0) is 39.5. The molecule has 1 fully saturated rings. The molecule has 290 valence electrons. The van der Waals surface area contributed by atoms with E-state index in [-0.39, 0.29) is 19.6 Å². The average molecular weight is 755 g/mol. The van der Waals surface area contributed by atoms with E-state index in [9.17, 15) is 19.5 Å². The van der Waals surface area contributed by atoms with E-state index in [0.29, 0.717) is 32.6 Å². The Morgan fingerprint density at radius 3 is 2.04 bits per heavy atom. The molecule has 6 rings (SSSR count). The van der Waals surface area contributed by atoms with Crippen molar-refractivity contribution in [2.24, 2.45) is 0 Å². The Bertz CT molecular complexity index is 2190. The maximum Gasteiger partial charge on any atom is 0.309 e. The molecule has 1 N–H and O–H groups in total. The number of carbonyl (C=O) groups is 3. The number of ether oxygens (including phenoxy) is 2. The van der Waals surface area contributed by atoms with Gasteiger partial charge in [-0.3, -0.25) is 14.4 Å². The molecule has 0 aromatic heterocycles. The van der Waals surface area contributed by atoms with Gasteiger partial charge in [0.1, 0.15) is 25.5 Å². The van der Waals surface area contributed by atoms with Gasteiger partial charge in [0.25, 0.3) is 12.9 Å². The maximum atomic E-state index is 12.3. The Labute approximate surface area is 329 Å². The van der Waals surface area contributed by atoms with Gasteiger partial charge in [-0.15, -0.1) is 0 Å². The number of carbonyl (C=O) groups excluding carboxylic acids is 2. The Morgan fingerprint density at radius 1 is 0.821 bits per heavy atom. The SMILES string of the molecule is CC/C=C/CC1(Cc2cc(C)cc(C)c2)C(/C=C/C=C/C=C2N(CCOC=O)CCN2CCOC=O)=[N+](CCC(=O)O)c2c1c1ccccc1c1ccccc21. The molecule has 4 aromatic carbocycles. The number of hydrogen-bond donors (Lipinski definition) is 1. The molecule has 0 amide bonds. The minimum Gasteiger partial charge on any atom is -0.481 e. The van der Waals surface area contributed by atoms with E-state index in [0.717, 1.165) is 60.3 Å². The summed E-state index contributed by atoms with van der Waals surface area (Å²) in [4.78, 5) is 38.3. The minimum atomic E-state index is -0.841. The van der Waals surface area contributed by atoms with Gasteiger partial charge < -0.3 is 24.4 Å². The fourth-order valence-corrected chi connectivity index (χ4v) is 8.62. The molecule has 9 heteroatoms. The molecule has 0 aliphatic carbocycles. The maximum absolute atomic E-state index is 12.3. The van der Waals surface area contributed by atoms with Crippen molar-refractivity contribution in [1.82, 2.24) is 9.80 Å². The van der Waals surface area contributed by atoms with Crippen molar-refractivity contribution in [2.75, 3.05) is 45.9 Å². The van der Waals surface area contributed by atoms with Crippen LogP contribution in [0.4, 0.5) is 5.69 Å². The number of carboxylic acids is 1. The number of carboxylic acid groups (broad SMARTS) is 1. The van der Waals surface area contributed by atoms with Gasteiger partial charge >= 0.3 is 5.97 Å². The van der Waals surface area contributed by atoms with Crippen LogP contribution in [0, 0.1) is 13.8 Å². The summed E-state index contributed by atoms with van der Waals surface area (Å²) in [5, 5.41) is 14.7. The van der Waals surface area contributed by atoms with Gasteiger partial charge in [-0.25, -0.2) is 0 Å². The zero-order valence-corrected chi connectivity index (χ0v) is 32.7. The van der Waals surface area contributed by atoms with Crippen molar-refractivity contribution in [1.29, 1.82) is 0 Å². The summed E-state index contributed by atoms with van der Waals surface area (Å²) >= 11 is 0. The first kappa shape index (κ1) is 39.7.